The molecule has 0 fully saturated rings. The van der Waals surface area contributed by atoms with Crippen molar-refractivity contribution in [3.8, 4) is 6.07 Å². The Morgan fingerprint density at radius 2 is 1.78 bits per heavy atom. The number of allylic oxidation sites excluding steroid dienone is 1. The van der Waals surface area contributed by atoms with Crippen LogP contribution in [0.3, 0.4) is 0 Å². The van der Waals surface area contributed by atoms with Gasteiger partial charge in [-0.05, 0) is 35.3 Å². The van der Waals surface area contributed by atoms with Crippen molar-refractivity contribution in [1.82, 2.24) is 4.90 Å². The molecule has 0 aliphatic carbocycles. The lowest BCUT2D eigenvalue weighted by molar-refractivity contribution is 0.287. The maximum atomic E-state index is 8.84. The van der Waals surface area contributed by atoms with Gasteiger partial charge in [0.1, 0.15) is 0 Å². The number of nitriles is 1. The summed E-state index contributed by atoms with van der Waals surface area (Å²) in [5.41, 5.74) is 4.64. The van der Waals surface area contributed by atoms with Crippen LogP contribution in [0.1, 0.15) is 23.1 Å². The zero-order valence-corrected chi connectivity index (χ0v) is 13.2. The average molecular weight is 300 g/mol. The fourth-order valence-corrected chi connectivity index (χ4v) is 2.73. The third-order valence-electron chi connectivity index (χ3n) is 4.11. The van der Waals surface area contributed by atoms with Crippen molar-refractivity contribution in [3.05, 3.63) is 89.0 Å². The molecule has 0 radical (unpaired) electrons. The van der Waals surface area contributed by atoms with E-state index in [1.165, 1.54) is 16.7 Å². The Balaban J connectivity index is 1.55. The lowest BCUT2D eigenvalue weighted by Crippen LogP contribution is -2.28. The summed E-state index contributed by atoms with van der Waals surface area (Å²) < 4.78 is 0. The molecule has 0 amide bonds. The lowest BCUT2D eigenvalue weighted by Gasteiger charge is -2.25. The van der Waals surface area contributed by atoms with Crippen molar-refractivity contribution >= 4 is 6.08 Å². The van der Waals surface area contributed by atoms with Gasteiger partial charge in [-0.2, -0.15) is 5.26 Å². The van der Waals surface area contributed by atoms with Gasteiger partial charge >= 0.3 is 0 Å². The van der Waals surface area contributed by atoms with E-state index in [9.17, 15) is 0 Å². The van der Waals surface area contributed by atoms with Crippen LogP contribution < -0.4 is 0 Å². The van der Waals surface area contributed by atoms with E-state index in [1.54, 1.807) is 0 Å². The Labute approximate surface area is 138 Å². The molecule has 0 spiro atoms. The van der Waals surface area contributed by atoms with Crippen LogP contribution in [0, 0.1) is 11.3 Å². The normalized spacial score (nSPS) is 15.3. The molecule has 114 valence electrons. The molecule has 1 aliphatic rings. The highest BCUT2D eigenvalue weighted by Crippen LogP contribution is 2.16. The van der Waals surface area contributed by atoms with Crippen LogP contribution in [0.15, 0.2) is 72.3 Å². The molecule has 0 saturated carbocycles. The molecular formula is C21H20N2. The Morgan fingerprint density at radius 1 is 1.00 bits per heavy atom. The van der Waals surface area contributed by atoms with Gasteiger partial charge in [0, 0.05) is 19.6 Å². The topological polar surface area (TPSA) is 27.0 Å². The van der Waals surface area contributed by atoms with Gasteiger partial charge in [-0.15, -0.1) is 0 Å². The smallest absolute Gasteiger partial charge is 0.0991 e. The second kappa shape index (κ2) is 7.58. The molecule has 2 aromatic carbocycles. The van der Waals surface area contributed by atoms with E-state index in [0.717, 1.165) is 31.6 Å². The van der Waals surface area contributed by atoms with E-state index in [1.807, 2.05) is 30.3 Å². The van der Waals surface area contributed by atoms with Crippen LogP contribution in [0.5, 0.6) is 0 Å². The summed E-state index contributed by atoms with van der Waals surface area (Å²) in [5.74, 6) is 0. The van der Waals surface area contributed by atoms with Gasteiger partial charge in [0.15, 0.2) is 0 Å². The van der Waals surface area contributed by atoms with Gasteiger partial charge in [-0.3, -0.25) is 4.90 Å². The predicted octanol–water partition coefficient (Wildman–Crippen LogP) is 4.40. The maximum absolute atomic E-state index is 8.84. The van der Waals surface area contributed by atoms with Gasteiger partial charge in [0.05, 0.1) is 11.6 Å². The Bertz CT molecular complexity index is 734. The van der Waals surface area contributed by atoms with E-state index in [0.29, 0.717) is 0 Å². The van der Waals surface area contributed by atoms with Crippen molar-refractivity contribution < 1.29 is 0 Å². The first-order valence-corrected chi connectivity index (χ1v) is 7.97. The summed E-state index contributed by atoms with van der Waals surface area (Å²) in [7, 11) is 0. The van der Waals surface area contributed by atoms with Gasteiger partial charge in [-0.1, -0.05) is 60.7 Å². The van der Waals surface area contributed by atoms with Gasteiger partial charge < -0.3 is 0 Å². The number of hydrogen-bond donors (Lipinski definition) is 0. The minimum atomic E-state index is 0.723. The molecular weight excluding hydrogens is 280 g/mol. The third-order valence-corrected chi connectivity index (χ3v) is 4.11. The molecule has 0 atom stereocenters. The molecule has 3 rings (SSSR count). The van der Waals surface area contributed by atoms with E-state index in [2.05, 4.69) is 53.5 Å². The summed E-state index contributed by atoms with van der Waals surface area (Å²) in [5, 5.41) is 8.84. The van der Waals surface area contributed by atoms with Gasteiger partial charge in [0.25, 0.3) is 0 Å². The highest BCUT2D eigenvalue weighted by Gasteiger charge is 2.10. The first kappa shape index (κ1) is 15.3. The quantitative estimate of drug-likeness (QED) is 0.836. The minimum absolute atomic E-state index is 0.723. The first-order valence-electron chi connectivity index (χ1n) is 7.97. The van der Waals surface area contributed by atoms with Crippen molar-refractivity contribution in [2.75, 3.05) is 13.1 Å². The molecule has 2 aromatic rings. The van der Waals surface area contributed by atoms with E-state index in [-0.39, 0.29) is 0 Å². The SMILES string of the molecule is N#Cc1ccc(CN2CC=C(C=Cc3ccccc3)CC2)cc1. The predicted molar refractivity (Wildman–Crippen MR) is 94.6 cm³/mol. The van der Waals surface area contributed by atoms with Crippen LogP contribution in [0.4, 0.5) is 0 Å². The largest absolute Gasteiger partial charge is 0.295 e. The van der Waals surface area contributed by atoms with Gasteiger partial charge in [0.2, 0.25) is 0 Å². The summed E-state index contributed by atoms with van der Waals surface area (Å²) >= 11 is 0. The molecule has 0 N–H and O–H groups in total. The van der Waals surface area contributed by atoms with E-state index < -0.39 is 0 Å². The first-order chi connectivity index (χ1) is 11.3. The third kappa shape index (κ3) is 4.42. The number of benzene rings is 2. The van der Waals surface area contributed by atoms with Crippen LogP contribution in [0.2, 0.25) is 0 Å². The molecule has 0 unspecified atom stereocenters. The molecule has 2 heteroatoms. The van der Waals surface area contributed by atoms with Crippen molar-refractivity contribution in [3.63, 3.8) is 0 Å². The second-order valence-corrected chi connectivity index (χ2v) is 5.82. The molecule has 1 aliphatic heterocycles. The molecule has 0 saturated heterocycles. The molecule has 0 aromatic heterocycles. The summed E-state index contributed by atoms with van der Waals surface area (Å²) in [4.78, 5) is 2.43. The monoisotopic (exact) mass is 300 g/mol. The minimum Gasteiger partial charge on any atom is -0.295 e. The zero-order valence-electron chi connectivity index (χ0n) is 13.2. The van der Waals surface area contributed by atoms with Crippen LogP contribution in [0.25, 0.3) is 6.08 Å². The summed E-state index contributed by atoms with van der Waals surface area (Å²) in [6.07, 6.45) is 7.81. The van der Waals surface area contributed by atoms with Crippen LogP contribution >= 0.6 is 0 Å². The van der Waals surface area contributed by atoms with Crippen LogP contribution in [-0.4, -0.2) is 18.0 Å². The number of nitrogens with zero attached hydrogens (tertiary/aromatic N) is 2. The zero-order chi connectivity index (χ0) is 15.9. The van der Waals surface area contributed by atoms with Crippen molar-refractivity contribution in [2.45, 2.75) is 13.0 Å². The summed E-state index contributed by atoms with van der Waals surface area (Å²) in [6.45, 7) is 3.00. The Kier molecular flexibility index (Phi) is 5.03. The van der Waals surface area contributed by atoms with E-state index >= 15 is 0 Å². The van der Waals surface area contributed by atoms with E-state index in [4.69, 9.17) is 5.26 Å². The fourth-order valence-electron chi connectivity index (χ4n) is 2.73. The molecule has 23 heavy (non-hydrogen) atoms. The van der Waals surface area contributed by atoms with Crippen molar-refractivity contribution in [1.29, 1.82) is 5.26 Å². The van der Waals surface area contributed by atoms with Crippen molar-refractivity contribution in [2.24, 2.45) is 0 Å². The number of rotatable bonds is 4. The highest BCUT2D eigenvalue weighted by atomic mass is 15.1. The molecule has 1 heterocycles. The molecule has 2 nitrogen and oxygen atoms in total. The second-order valence-electron chi connectivity index (χ2n) is 5.82. The maximum Gasteiger partial charge on any atom is 0.0991 e. The Hall–Kier alpha value is -2.63. The highest BCUT2D eigenvalue weighted by molar-refractivity contribution is 5.52. The Morgan fingerprint density at radius 3 is 2.43 bits per heavy atom. The van der Waals surface area contributed by atoms with Crippen LogP contribution in [-0.2, 0) is 6.54 Å². The molecule has 0 bridgehead atoms. The standard InChI is InChI=1S/C21H20N2/c22-16-20-8-10-21(11-9-20)17-23-14-12-19(13-15-23)7-6-18-4-2-1-3-5-18/h1-12H,13-15,17H2. The average Bonchev–Trinajstić information content (AvgIpc) is 2.63. The lowest BCUT2D eigenvalue weighted by atomic mass is 10.1. The number of hydrogen-bond acceptors (Lipinski definition) is 2. The van der Waals surface area contributed by atoms with Gasteiger partial charge in [-0.25, -0.2) is 0 Å². The fraction of sp³-hybridized carbons (Fsp3) is 0.190. The summed E-state index contributed by atoms with van der Waals surface area (Å²) in [6, 6.07) is 20.5.